The van der Waals surface area contributed by atoms with Gasteiger partial charge in [0.2, 0.25) is 10.0 Å². The zero-order valence-electron chi connectivity index (χ0n) is 14.1. The SMILES string of the molecule is COCCOc1ccc(Br)cc1C(=O)NCc1ccc(S(N)(=O)=O)cc1. The van der Waals surface area contributed by atoms with Crippen molar-refractivity contribution in [2.45, 2.75) is 11.4 Å². The normalized spacial score (nSPS) is 11.2. The summed E-state index contributed by atoms with van der Waals surface area (Å²) >= 11 is 3.34. The van der Waals surface area contributed by atoms with Crippen LogP contribution in [0.2, 0.25) is 0 Å². The Kier molecular flexibility index (Phi) is 7.15. The van der Waals surface area contributed by atoms with E-state index in [1.165, 1.54) is 12.1 Å². The lowest BCUT2D eigenvalue weighted by Gasteiger charge is -2.12. The van der Waals surface area contributed by atoms with Crippen LogP contribution in [0.3, 0.4) is 0 Å². The van der Waals surface area contributed by atoms with E-state index in [-0.39, 0.29) is 17.3 Å². The van der Waals surface area contributed by atoms with Gasteiger partial charge in [-0.1, -0.05) is 28.1 Å². The number of halogens is 1. The molecule has 2 aromatic carbocycles. The van der Waals surface area contributed by atoms with E-state index >= 15 is 0 Å². The molecule has 0 heterocycles. The Morgan fingerprint density at radius 3 is 2.46 bits per heavy atom. The fraction of sp³-hybridized carbons (Fsp3) is 0.235. The molecule has 1 amide bonds. The molecule has 0 radical (unpaired) electrons. The topological polar surface area (TPSA) is 108 Å². The highest BCUT2D eigenvalue weighted by Gasteiger charge is 2.14. The van der Waals surface area contributed by atoms with Crippen LogP contribution in [0.25, 0.3) is 0 Å². The fourth-order valence-electron chi connectivity index (χ4n) is 2.12. The molecule has 0 aliphatic heterocycles. The molecule has 26 heavy (non-hydrogen) atoms. The van der Waals surface area contributed by atoms with Gasteiger partial charge in [-0.25, -0.2) is 13.6 Å². The highest BCUT2D eigenvalue weighted by Crippen LogP contribution is 2.23. The molecular formula is C17H19BrN2O5S. The van der Waals surface area contributed by atoms with E-state index in [9.17, 15) is 13.2 Å². The number of carbonyl (C=O) groups excluding carboxylic acids is 1. The van der Waals surface area contributed by atoms with Crippen LogP contribution in [-0.4, -0.2) is 34.6 Å². The van der Waals surface area contributed by atoms with Gasteiger partial charge in [0, 0.05) is 18.1 Å². The number of primary sulfonamides is 1. The average molecular weight is 443 g/mol. The van der Waals surface area contributed by atoms with Crippen molar-refractivity contribution in [1.29, 1.82) is 0 Å². The van der Waals surface area contributed by atoms with Gasteiger partial charge in [-0.15, -0.1) is 0 Å². The quantitative estimate of drug-likeness (QED) is 0.608. The van der Waals surface area contributed by atoms with E-state index in [2.05, 4.69) is 21.2 Å². The summed E-state index contributed by atoms with van der Waals surface area (Å²) in [7, 11) is -2.17. The molecule has 2 aromatic rings. The molecule has 0 aliphatic rings. The average Bonchev–Trinajstić information content (AvgIpc) is 2.60. The predicted molar refractivity (Wildman–Crippen MR) is 100 cm³/mol. The fourth-order valence-corrected chi connectivity index (χ4v) is 2.99. The van der Waals surface area contributed by atoms with Gasteiger partial charge in [0.1, 0.15) is 12.4 Å². The zero-order valence-corrected chi connectivity index (χ0v) is 16.5. The summed E-state index contributed by atoms with van der Waals surface area (Å²) in [5.74, 6) is 0.140. The predicted octanol–water partition coefficient (Wildman–Crippen LogP) is 2.05. The first-order chi connectivity index (χ1) is 12.3. The molecule has 0 unspecified atom stereocenters. The third kappa shape index (κ3) is 5.80. The van der Waals surface area contributed by atoms with Crippen LogP contribution < -0.4 is 15.2 Å². The maximum Gasteiger partial charge on any atom is 0.255 e. The number of nitrogens with one attached hydrogen (secondary N) is 1. The Hall–Kier alpha value is -1.94. The smallest absolute Gasteiger partial charge is 0.255 e. The monoisotopic (exact) mass is 442 g/mol. The number of hydrogen-bond donors (Lipinski definition) is 2. The molecule has 140 valence electrons. The van der Waals surface area contributed by atoms with Gasteiger partial charge in [0.15, 0.2) is 0 Å². The number of nitrogens with two attached hydrogens (primary N) is 1. The van der Waals surface area contributed by atoms with Gasteiger partial charge < -0.3 is 14.8 Å². The summed E-state index contributed by atoms with van der Waals surface area (Å²) in [4.78, 5) is 12.5. The highest BCUT2D eigenvalue weighted by atomic mass is 79.9. The third-order valence-corrected chi connectivity index (χ3v) is 4.86. The Bertz CT molecular complexity index is 869. The third-order valence-electron chi connectivity index (χ3n) is 3.44. The van der Waals surface area contributed by atoms with Gasteiger partial charge in [-0.3, -0.25) is 4.79 Å². The summed E-state index contributed by atoms with van der Waals surface area (Å²) in [6.07, 6.45) is 0. The van der Waals surface area contributed by atoms with E-state index in [4.69, 9.17) is 14.6 Å². The van der Waals surface area contributed by atoms with Crippen molar-refractivity contribution < 1.29 is 22.7 Å². The van der Waals surface area contributed by atoms with Crippen molar-refractivity contribution in [3.8, 4) is 5.75 Å². The molecule has 7 nitrogen and oxygen atoms in total. The number of rotatable bonds is 8. The lowest BCUT2D eigenvalue weighted by atomic mass is 10.1. The second kappa shape index (κ2) is 9.13. The van der Waals surface area contributed by atoms with E-state index in [0.717, 1.165) is 10.0 Å². The maximum atomic E-state index is 12.5. The molecule has 0 fully saturated rings. The van der Waals surface area contributed by atoms with Crippen molar-refractivity contribution in [1.82, 2.24) is 5.32 Å². The number of benzene rings is 2. The Morgan fingerprint density at radius 2 is 1.85 bits per heavy atom. The first-order valence-corrected chi connectivity index (χ1v) is 9.96. The molecule has 0 saturated heterocycles. The van der Waals surface area contributed by atoms with Crippen molar-refractivity contribution in [2.75, 3.05) is 20.3 Å². The first-order valence-electron chi connectivity index (χ1n) is 7.62. The molecule has 0 saturated carbocycles. The van der Waals surface area contributed by atoms with Crippen LogP contribution >= 0.6 is 15.9 Å². The molecule has 0 bridgehead atoms. The van der Waals surface area contributed by atoms with Crippen molar-refractivity contribution in [2.24, 2.45) is 5.14 Å². The Morgan fingerprint density at radius 1 is 1.15 bits per heavy atom. The van der Waals surface area contributed by atoms with E-state index in [0.29, 0.717) is 24.5 Å². The molecule has 3 N–H and O–H groups in total. The van der Waals surface area contributed by atoms with Crippen LogP contribution in [0.15, 0.2) is 51.8 Å². The van der Waals surface area contributed by atoms with Gasteiger partial charge in [-0.05, 0) is 35.9 Å². The van der Waals surface area contributed by atoms with E-state index in [1.54, 1.807) is 37.4 Å². The molecule has 2 rings (SSSR count). The number of hydrogen-bond acceptors (Lipinski definition) is 5. The highest BCUT2D eigenvalue weighted by molar-refractivity contribution is 9.10. The van der Waals surface area contributed by atoms with Crippen LogP contribution in [0.1, 0.15) is 15.9 Å². The summed E-state index contributed by atoms with van der Waals surface area (Å²) in [5.41, 5.74) is 1.12. The largest absolute Gasteiger partial charge is 0.490 e. The van der Waals surface area contributed by atoms with Crippen molar-refractivity contribution in [3.05, 3.63) is 58.1 Å². The van der Waals surface area contributed by atoms with E-state index < -0.39 is 10.0 Å². The van der Waals surface area contributed by atoms with Crippen LogP contribution in [0, 0.1) is 0 Å². The van der Waals surface area contributed by atoms with E-state index in [1.807, 2.05) is 0 Å². The lowest BCUT2D eigenvalue weighted by molar-refractivity contribution is 0.0943. The van der Waals surface area contributed by atoms with Gasteiger partial charge in [0.05, 0.1) is 17.1 Å². The number of methoxy groups -OCH3 is 1. The second-order valence-corrected chi connectivity index (χ2v) is 7.83. The standard InChI is InChI=1S/C17H19BrN2O5S/c1-24-8-9-25-16-7-4-13(18)10-15(16)17(21)20-11-12-2-5-14(6-3-12)26(19,22)23/h2-7,10H,8-9,11H2,1H3,(H,20,21)(H2,19,22,23). The lowest BCUT2D eigenvalue weighted by Crippen LogP contribution is -2.24. The summed E-state index contributed by atoms with van der Waals surface area (Å²) in [5, 5.41) is 7.84. The van der Waals surface area contributed by atoms with Crippen LogP contribution in [0.4, 0.5) is 0 Å². The Balaban J connectivity index is 2.06. The maximum absolute atomic E-state index is 12.5. The molecule has 0 aliphatic carbocycles. The number of carbonyl (C=O) groups is 1. The zero-order chi connectivity index (χ0) is 19.2. The molecule has 0 spiro atoms. The summed E-state index contributed by atoms with van der Waals surface area (Å²) in [6.45, 7) is 0.967. The molecule has 0 aromatic heterocycles. The Labute approximate surface area is 160 Å². The number of sulfonamides is 1. The molecule has 0 atom stereocenters. The minimum atomic E-state index is -3.73. The van der Waals surface area contributed by atoms with Gasteiger partial charge >= 0.3 is 0 Å². The first kappa shape index (κ1) is 20.4. The molecular weight excluding hydrogens is 424 g/mol. The number of amides is 1. The summed E-state index contributed by atoms with van der Waals surface area (Å²) < 4.78 is 33.8. The second-order valence-electron chi connectivity index (χ2n) is 5.35. The number of ether oxygens (including phenoxy) is 2. The van der Waals surface area contributed by atoms with Crippen LogP contribution in [0.5, 0.6) is 5.75 Å². The molecule has 9 heteroatoms. The minimum Gasteiger partial charge on any atom is -0.490 e. The van der Waals surface area contributed by atoms with Crippen LogP contribution in [-0.2, 0) is 21.3 Å². The van der Waals surface area contributed by atoms with Crippen molar-refractivity contribution in [3.63, 3.8) is 0 Å². The van der Waals surface area contributed by atoms with Gasteiger partial charge in [-0.2, -0.15) is 0 Å². The van der Waals surface area contributed by atoms with Gasteiger partial charge in [0.25, 0.3) is 5.91 Å². The summed E-state index contributed by atoms with van der Waals surface area (Å²) in [6, 6.07) is 11.1. The van der Waals surface area contributed by atoms with Crippen molar-refractivity contribution >= 4 is 31.9 Å². The minimum absolute atomic E-state index is 0.0217.